The van der Waals surface area contributed by atoms with Crippen LogP contribution in [0.2, 0.25) is 0 Å². The van der Waals surface area contributed by atoms with E-state index in [1.165, 1.54) is 106 Å². The van der Waals surface area contributed by atoms with Gasteiger partial charge in [0.15, 0.2) is 0 Å². The van der Waals surface area contributed by atoms with Crippen molar-refractivity contribution in [3.63, 3.8) is 0 Å². The molecule has 0 spiro atoms. The second-order valence-corrected chi connectivity index (χ2v) is 13.1. The highest BCUT2D eigenvalue weighted by Gasteiger charge is 2.24. The summed E-state index contributed by atoms with van der Waals surface area (Å²) in [6.07, 6.45) is 20.0. The molecule has 1 aromatic carbocycles. The number of aryl methyl sites for hydroxylation is 1. The molecule has 0 N–H and O–H groups in total. The maximum Gasteiger partial charge on any atom is 0.306 e. The normalized spacial score (nSPS) is 12.2. The third kappa shape index (κ3) is 13.8. The molecule has 0 aliphatic rings. The van der Waals surface area contributed by atoms with E-state index in [1.54, 1.807) is 0 Å². The van der Waals surface area contributed by atoms with Crippen LogP contribution in [0.25, 0.3) is 0 Å². The second kappa shape index (κ2) is 17.2. The van der Waals surface area contributed by atoms with Crippen LogP contribution < -0.4 is 0 Å². The maximum absolute atomic E-state index is 12.4. The first-order valence-corrected chi connectivity index (χ1v) is 15.3. The SMILES string of the molecule is CCCCCCCCCCCCCCCCOC(=O)CCc1cc(C(C)(C)C)c(C)c(C(C)(C)C)c1. The van der Waals surface area contributed by atoms with E-state index in [1.807, 2.05) is 0 Å². The number of esters is 1. The molecule has 0 radical (unpaired) electrons. The number of unbranched alkanes of at least 4 members (excludes halogenated alkanes) is 13. The van der Waals surface area contributed by atoms with Crippen molar-refractivity contribution in [3.8, 4) is 0 Å². The smallest absolute Gasteiger partial charge is 0.306 e. The maximum atomic E-state index is 12.4. The third-order valence-electron chi connectivity index (χ3n) is 7.46. The van der Waals surface area contributed by atoms with E-state index in [-0.39, 0.29) is 16.8 Å². The highest BCUT2D eigenvalue weighted by atomic mass is 16.5. The van der Waals surface area contributed by atoms with Gasteiger partial charge in [-0.1, -0.05) is 144 Å². The highest BCUT2D eigenvalue weighted by Crippen LogP contribution is 2.35. The van der Waals surface area contributed by atoms with E-state index in [0.717, 1.165) is 12.8 Å². The van der Waals surface area contributed by atoms with Gasteiger partial charge in [-0.15, -0.1) is 0 Å². The van der Waals surface area contributed by atoms with Gasteiger partial charge in [0.25, 0.3) is 0 Å². The predicted molar refractivity (Wildman–Crippen MR) is 158 cm³/mol. The van der Waals surface area contributed by atoms with Crippen molar-refractivity contribution in [2.45, 2.75) is 169 Å². The molecule has 0 fully saturated rings. The first kappa shape index (κ1) is 32.7. The van der Waals surface area contributed by atoms with Gasteiger partial charge in [0.05, 0.1) is 6.61 Å². The molecule has 0 aromatic heterocycles. The Morgan fingerprint density at radius 3 is 1.44 bits per heavy atom. The predicted octanol–water partition coefficient (Wildman–Crippen LogP) is 10.5. The summed E-state index contributed by atoms with van der Waals surface area (Å²) in [7, 11) is 0. The Hall–Kier alpha value is -1.31. The minimum Gasteiger partial charge on any atom is -0.466 e. The molecule has 0 saturated heterocycles. The van der Waals surface area contributed by atoms with Gasteiger partial charge in [0.2, 0.25) is 0 Å². The van der Waals surface area contributed by atoms with Gasteiger partial charge >= 0.3 is 5.97 Å². The van der Waals surface area contributed by atoms with Crippen molar-refractivity contribution < 1.29 is 9.53 Å². The average Bonchev–Trinajstić information content (AvgIpc) is 2.79. The summed E-state index contributed by atoms with van der Waals surface area (Å²) in [5.74, 6) is -0.0557. The molecule has 0 bridgehead atoms. The van der Waals surface area contributed by atoms with Gasteiger partial charge in [-0.2, -0.15) is 0 Å². The molecular formula is C34H60O2. The van der Waals surface area contributed by atoms with Crippen molar-refractivity contribution in [1.82, 2.24) is 0 Å². The van der Waals surface area contributed by atoms with Gasteiger partial charge in [-0.3, -0.25) is 4.79 Å². The number of carbonyl (C=O) groups is 1. The number of benzene rings is 1. The van der Waals surface area contributed by atoms with Crippen LogP contribution in [-0.2, 0) is 26.8 Å². The zero-order chi connectivity index (χ0) is 27.0. The molecule has 208 valence electrons. The molecular weight excluding hydrogens is 440 g/mol. The summed E-state index contributed by atoms with van der Waals surface area (Å²) in [5, 5.41) is 0. The Morgan fingerprint density at radius 2 is 1.06 bits per heavy atom. The van der Waals surface area contributed by atoms with Crippen molar-refractivity contribution in [3.05, 3.63) is 34.4 Å². The lowest BCUT2D eigenvalue weighted by Crippen LogP contribution is -2.20. The van der Waals surface area contributed by atoms with E-state index in [2.05, 4.69) is 67.5 Å². The Morgan fingerprint density at radius 1 is 0.667 bits per heavy atom. The fourth-order valence-corrected chi connectivity index (χ4v) is 5.28. The highest BCUT2D eigenvalue weighted by molar-refractivity contribution is 5.69. The molecule has 0 heterocycles. The Kier molecular flexibility index (Phi) is 15.7. The van der Waals surface area contributed by atoms with Gasteiger partial charge in [0.1, 0.15) is 0 Å². The van der Waals surface area contributed by atoms with Gasteiger partial charge in [0, 0.05) is 6.42 Å². The van der Waals surface area contributed by atoms with Crippen LogP contribution in [-0.4, -0.2) is 12.6 Å². The molecule has 0 aliphatic carbocycles. The summed E-state index contributed by atoms with van der Waals surface area (Å²) in [4.78, 5) is 12.4. The molecule has 0 saturated carbocycles. The topological polar surface area (TPSA) is 26.3 Å². The molecule has 0 unspecified atom stereocenters. The summed E-state index contributed by atoms with van der Waals surface area (Å²) < 4.78 is 5.55. The first-order valence-electron chi connectivity index (χ1n) is 15.3. The van der Waals surface area contributed by atoms with Crippen molar-refractivity contribution in [1.29, 1.82) is 0 Å². The zero-order valence-corrected chi connectivity index (χ0v) is 25.5. The second-order valence-electron chi connectivity index (χ2n) is 13.1. The van der Waals surface area contributed by atoms with Crippen LogP contribution in [0, 0.1) is 6.92 Å². The lowest BCUT2D eigenvalue weighted by molar-refractivity contribution is -0.143. The van der Waals surface area contributed by atoms with Gasteiger partial charge in [-0.05, 0) is 52.8 Å². The summed E-state index contributed by atoms with van der Waals surface area (Å²) in [6, 6.07) is 4.62. The van der Waals surface area contributed by atoms with E-state index >= 15 is 0 Å². The Bertz CT molecular complexity index is 698. The van der Waals surface area contributed by atoms with Crippen LogP contribution in [0.3, 0.4) is 0 Å². The Labute approximate surface area is 225 Å². The van der Waals surface area contributed by atoms with Crippen molar-refractivity contribution in [2.75, 3.05) is 6.61 Å². The van der Waals surface area contributed by atoms with Crippen LogP contribution in [0.5, 0.6) is 0 Å². The summed E-state index contributed by atoms with van der Waals surface area (Å²) in [6.45, 7) is 18.7. The van der Waals surface area contributed by atoms with E-state index in [0.29, 0.717) is 13.0 Å². The molecule has 36 heavy (non-hydrogen) atoms. The summed E-state index contributed by atoms with van der Waals surface area (Å²) in [5.41, 5.74) is 5.60. The first-order chi connectivity index (χ1) is 17.0. The molecule has 0 atom stereocenters. The van der Waals surface area contributed by atoms with Crippen LogP contribution >= 0.6 is 0 Å². The van der Waals surface area contributed by atoms with Gasteiger partial charge < -0.3 is 4.74 Å². The monoisotopic (exact) mass is 500 g/mol. The lowest BCUT2D eigenvalue weighted by Gasteiger charge is -2.30. The van der Waals surface area contributed by atoms with Crippen molar-refractivity contribution >= 4 is 5.97 Å². The molecule has 1 rings (SSSR count). The standard InChI is InChI=1S/C34H60O2/c1-9-10-11-12-13-14-15-16-17-18-19-20-21-22-25-36-32(35)24-23-29-26-30(33(3,4)5)28(2)31(27-29)34(6,7)8/h26-27H,9-25H2,1-8H3. The minimum absolute atomic E-state index is 0.0557. The summed E-state index contributed by atoms with van der Waals surface area (Å²) >= 11 is 0. The lowest BCUT2D eigenvalue weighted by atomic mass is 9.75. The molecule has 0 aliphatic heterocycles. The van der Waals surface area contributed by atoms with Crippen LogP contribution in [0.4, 0.5) is 0 Å². The number of carbonyl (C=O) groups excluding carboxylic acids is 1. The number of ether oxygens (including phenoxy) is 1. The molecule has 0 amide bonds. The number of hydrogen-bond donors (Lipinski definition) is 0. The molecule has 2 heteroatoms. The van der Waals surface area contributed by atoms with E-state index in [9.17, 15) is 4.79 Å². The van der Waals surface area contributed by atoms with Crippen LogP contribution in [0.15, 0.2) is 12.1 Å². The fourth-order valence-electron chi connectivity index (χ4n) is 5.28. The van der Waals surface area contributed by atoms with E-state index in [4.69, 9.17) is 4.74 Å². The average molecular weight is 501 g/mol. The van der Waals surface area contributed by atoms with E-state index < -0.39 is 0 Å². The number of rotatable bonds is 18. The molecule has 1 aromatic rings. The third-order valence-corrected chi connectivity index (χ3v) is 7.46. The number of hydrogen-bond acceptors (Lipinski definition) is 2. The fraction of sp³-hybridized carbons (Fsp3) is 0.794. The van der Waals surface area contributed by atoms with Crippen molar-refractivity contribution in [2.24, 2.45) is 0 Å². The Balaban J connectivity index is 2.20. The minimum atomic E-state index is -0.0557. The van der Waals surface area contributed by atoms with Crippen LogP contribution in [0.1, 0.15) is 167 Å². The molecule has 2 nitrogen and oxygen atoms in total. The zero-order valence-electron chi connectivity index (χ0n) is 25.5. The largest absolute Gasteiger partial charge is 0.466 e. The quantitative estimate of drug-likeness (QED) is 0.148. The van der Waals surface area contributed by atoms with Gasteiger partial charge in [-0.25, -0.2) is 0 Å².